The molecule has 21 heavy (non-hydrogen) atoms. The van der Waals surface area contributed by atoms with Gasteiger partial charge >= 0.3 is 0 Å². The second-order valence-electron chi connectivity index (χ2n) is 5.17. The van der Waals surface area contributed by atoms with E-state index in [1.54, 1.807) is 0 Å². The lowest BCUT2D eigenvalue weighted by Gasteiger charge is -2.27. The van der Waals surface area contributed by atoms with Gasteiger partial charge in [-0.1, -0.05) is 23.7 Å². The van der Waals surface area contributed by atoms with E-state index >= 15 is 0 Å². The maximum absolute atomic E-state index is 5.89. The second kappa shape index (κ2) is 8.54. The van der Waals surface area contributed by atoms with Crippen LogP contribution in [0.15, 0.2) is 24.3 Å². The van der Waals surface area contributed by atoms with Gasteiger partial charge < -0.3 is 15.0 Å². The smallest absolute Gasteiger partial charge is 0.169 e. The summed E-state index contributed by atoms with van der Waals surface area (Å²) in [5.74, 6) is 0. The molecule has 1 saturated heterocycles. The van der Waals surface area contributed by atoms with Gasteiger partial charge in [-0.25, -0.2) is 0 Å². The number of halogens is 1. The zero-order valence-electron chi connectivity index (χ0n) is 12.3. The number of benzene rings is 1. The molecule has 4 nitrogen and oxygen atoms in total. The fourth-order valence-corrected chi connectivity index (χ4v) is 2.51. The SMILES string of the molecule is CN(Cc1ccc(Cl)cc1)C(=S)NCCN1CCOCC1. The Morgan fingerprint density at radius 1 is 1.33 bits per heavy atom. The summed E-state index contributed by atoms with van der Waals surface area (Å²) >= 11 is 11.3. The van der Waals surface area contributed by atoms with Gasteiger partial charge in [0.05, 0.1) is 13.2 Å². The number of rotatable bonds is 5. The quantitative estimate of drug-likeness (QED) is 0.835. The lowest BCUT2D eigenvalue weighted by molar-refractivity contribution is 0.0389. The monoisotopic (exact) mass is 327 g/mol. The summed E-state index contributed by atoms with van der Waals surface area (Å²) in [5, 5.41) is 4.84. The first-order chi connectivity index (χ1) is 10.1. The van der Waals surface area contributed by atoms with E-state index in [2.05, 4.69) is 10.2 Å². The van der Waals surface area contributed by atoms with E-state index in [4.69, 9.17) is 28.6 Å². The van der Waals surface area contributed by atoms with Crippen molar-refractivity contribution < 1.29 is 4.74 Å². The van der Waals surface area contributed by atoms with Crippen LogP contribution in [0.5, 0.6) is 0 Å². The van der Waals surface area contributed by atoms with Gasteiger partial charge in [-0.2, -0.15) is 0 Å². The first kappa shape index (κ1) is 16.5. The summed E-state index contributed by atoms with van der Waals surface area (Å²) < 4.78 is 5.33. The molecule has 2 rings (SSSR count). The van der Waals surface area contributed by atoms with Gasteiger partial charge in [0.1, 0.15) is 0 Å². The second-order valence-corrected chi connectivity index (χ2v) is 5.99. The van der Waals surface area contributed by atoms with Gasteiger partial charge in [-0.05, 0) is 29.9 Å². The molecule has 0 aromatic heterocycles. The molecule has 116 valence electrons. The number of thiocarbonyl (C=S) groups is 1. The molecule has 0 aliphatic carbocycles. The van der Waals surface area contributed by atoms with Gasteiger partial charge in [0, 0.05) is 44.8 Å². The first-order valence-corrected chi connectivity index (χ1v) is 7.97. The summed E-state index contributed by atoms with van der Waals surface area (Å²) in [5.41, 5.74) is 1.19. The molecule has 0 bridgehead atoms. The molecule has 0 saturated carbocycles. The van der Waals surface area contributed by atoms with E-state index in [-0.39, 0.29) is 0 Å². The van der Waals surface area contributed by atoms with Gasteiger partial charge in [0.2, 0.25) is 0 Å². The standard InChI is InChI=1S/C15H22ClN3OS/c1-18(12-13-2-4-14(16)5-3-13)15(21)17-6-7-19-8-10-20-11-9-19/h2-5H,6-12H2,1H3,(H,17,21). The van der Waals surface area contributed by atoms with Crippen LogP contribution in [0.1, 0.15) is 5.56 Å². The molecule has 0 spiro atoms. The Morgan fingerprint density at radius 3 is 2.67 bits per heavy atom. The predicted molar refractivity (Wildman–Crippen MR) is 90.8 cm³/mol. The summed E-state index contributed by atoms with van der Waals surface area (Å²) in [4.78, 5) is 4.43. The van der Waals surface area contributed by atoms with Crippen molar-refractivity contribution in [2.45, 2.75) is 6.54 Å². The molecule has 6 heteroatoms. The number of hydrogen-bond acceptors (Lipinski definition) is 3. The summed E-state index contributed by atoms with van der Waals surface area (Å²) in [6.45, 7) is 6.33. The molecule has 1 aliphatic rings. The molecule has 1 N–H and O–H groups in total. The van der Waals surface area contributed by atoms with Crippen LogP contribution in [-0.4, -0.2) is 61.4 Å². The van der Waals surface area contributed by atoms with Crippen molar-refractivity contribution in [1.82, 2.24) is 15.1 Å². The van der Waals surface area contributed by atoms with Gasteiger partial charge in [-0.15, -0.1) is 0 Å². The van der Waals surface area contributed by atoms with Crippen molar-refractivity contribution in [2.75, 3.05) is 46.4 Å². The third-order valence-electron chi connectivity index (χ3n) is 3.49. The number of hydrogen-bond donors (Lipinski definition) is 1. The topological polar surface area (TPSA) is 27.7 Å². The van der Waals surface area contributed by atoms with Crippen LogP contribution in [0.3, 0.4) is 0 Å². The number of nitrogens with one attached hydrogen (secondary N) is 1. The molecule has 1 aromatic rings. The minimum atomic E-state index is 0.757. The Morgan fingerprint density at radius 2 is 2.00 bits per heavy atom. The highest BCUT2D eigenvalue weighted by Gasteiger charge is 2.10. The van der Waals surface area contributed by atoms with E-state index < -0.39 is 0 Å². The lowest BCUT2D eigenvalue weighted by Crippen LogP contribution is -2.43. The van der Waals surface area contributed by atoms with E-state index in [9.17, 15) is 0 Å². The molecule has 0 atom stereocenters. The highest BCUT2D eigenvalue weighted by atomic mass is 35.5. The molecule has 1 aliphatic heterocycles. The van der Waals surface area contributed by atoms with Crippen LogP contribution >= 0.6 is 23.8 Å². The minimum Gasteiger partial charge on any atom is -0.379 e. The maximum Gasteiger partial charge on any atom is 0.169 e. The maximum atomic E-state index is 5.89. The third-order valence-corrected chi connectivity index (χ3v) is 4.20. The highest BCUT2D eigenvalue weighted by Crippen LogP contribution is 2.10. The van der Waals surface area contributed by atoms with Crippen LogP contribution in [0, 0.1) is 0 Å². The fraction of sp³-hybridized carbons (Fsp3) is 0.533. The fourth-order valence-electron chi connectivity index (χ4n) is 2.22. The lowest BCUT2D eigenvalue weighted by atomic mass is 10.2. The van der Waals surface area contributed by atoms with Crippen molar-refractivity contribution in [2.24, 2.45) is 0 Å². The van der Waals surface area contributed by atoms with Crippen molar-refractivity contribution in [3.8, 4) is 0 Å². The average molecular weight is 328 g/mol. The average Bonchev–Trinajstić information content (AvgIpc) is 2.50. The Hall–Kier alpha value is -0.880. The van der Waals surface area contributed by atoms with Crippen molar-refractivity contribution in [3.05, 3.63) is 34.9 Å². The van der Waals surface area contributed by atoms with Crippen molar-refractivity contribution in [1.29, 1.82) is 0 Å². The molecule has 1 fully saturated rings. The van der Waals surface area contributed by atoms with Gasteiger partial charge in [0.15, 0.2) is 5.11 Å². The molecular weight excluding hydrogens is 306 g/mol. The highest BCUT2D eigenvalue weighted by molar-refractivity contribution is 7.80. The van der Waals surface area contributed by atoms with Crippen molar-refractivity contribution >= 4 is 28.9 Å². The largest absolute Gasteiger partial charge is 0.379 e. The zero-order chi connectivity index (χ0) is 15.1. The van der Waals surface area contributed by atoms with Crippen LogP contribution in [0.4, 0.5) is 0 Å². The molecular formula is C15H22ClN3OS. The van der Waals surface area contributed by atoms with Crippen LogP contribution < -0.4 is 5.32 Å². The molecule has 1 aromatic carbocycles. The predicted octanol–water partition coefficient (Wildman–Crippen LogP) is 1.98. The molecule has 0 amide bonds. The molecule has 0 radical (unpaired) electrons. The van der Waals surface area contributed by atoms with Gasteiger partial charge in [0.25, 0.3) is 0 Å². The van der Waals surface area contributed by atoms with E-state index in [1.807, 2.05) is 36.2 Å². The van der Waals surface area contributed by atoms with Crippen LogP contribution in [-0.2, 0) is 11.3 Å². The van der Waals surface area contributed by atoms with E-state index in [0.29, 0.717) is 0 Å². The Labute approximate surface area is 137 Å². The third kappa shape index (κ3) is 5.79. The minimum absolute atomic E-state index is 0.757. The Kier molecular flexibility index (Phi) is 6.70. The van der Waals surface area contributed by atoms with Crippen molar-refractivity contribution in [3.63, 3.8) is 0 Å². The number of nitrogens with zero attached hydrogens (tertiary/aromatic N) is 2. The van der Waals surface area contributed by atoms with E-state index in [1.165, 1.54) is 5.56 Å². The molecule has 1 heterocycles. The summed E-state index contributed by atoms with van der Waals surface area (Å²) in [7, 11) is 2.00. The Balaban J connectivity index is 1.68. The normalized spacial score (nSPS) is 15.7. The first-order valence-electron chi connectivity index (χ1n) is 7.18. The van der Waals surface area contributed by atoms with E-state index in [0.717, 1.165) is 56.1 Å². The summed E-state index contributed by atoms with van der Waals surface area (Å²) in [6.07, 6.45) is 0. The molecule has 0 unspecified atom stereocenters. The van der Waals surface area contributed by atoms with Crippen LogP contribution in [0.25, 0.3) is 0 Å². The van der Waals surface area contributed by atoms with Gasteiger partial charge in [-0.3, -0.25) is 4.90 Å². The Bertz CT molecular complexity index is 449. The number of ether oxygens (including phenoxy) is 1. The summed E-state index contributed by atoms with van der Waals surface area (Å²) in [6, 6.07) is 7.85. The van der Waals surface area contributed by atoms with Crippen LogP contribution in [0.2, 0.25) is 5.02 Å². The zero-order valence-corrected chi connectivity index (χ0v) is 13.9. The number of morpholine rings is 1.